The molecule has 14 heavy (non-hydrogen) atoms. The van der Waals surface area contributed by atoms with E-state index in [1.165, 1.54) is 25.7 Å². The molecule has 0 amide bonds. The largest absolute Gasteiger partial charge is 0.0924 e. The monoisotopic (exact) mass is 207 g/mol. The van der Waals surface area contributed by atoms with E-state index in [2.05, 4.69) is 39.5 Å². The molecule has 1 saturated heterocycles. The standard InChI is InChI=1S/C13H20P/c1-3-11-9-10-12(4-2)14(11)13-7-5-6-8-13/h5-8,11-12H,3-4,9-10H2,1-2H3/t11-,12-/m0/s1. The molecule has 0 unspecified atom stereocenters. The molecule has 1 aliphatic heterocycles. The summed E-state index contributed by atoms with van der Waals surface area (Å²) in [5.41, 5.74) is 3.69. The van der Waals surface area contributed by atoms with E-state index in [-0.39, 0.29) is 7.92 Å². The molecule has 1 heteroatoms. The van der Waals surface area contributed by atoms with Gasteiger partial charge in [-0.1, -0.05) is 21.8 Å². The summed E-state index contributed by atoms with van der Waals surface area (Å²) in [7, 11) is 0.170. The molecule has 2 rings (SSSR count). The van der Waals surface area contributed by atoms with Gasteiger partial charge < -0.3 is 0 Å². The van der Waals surface area contributed by atoms with Crippen LogP contribution < -0.4 is 0 Å². The van der Waals surface area contributed by atoms with Crippen molar-refractivity contribution in [1.82, 2.24) is 0 Å². The Morgan fingerprint density at radius 3 is 2.00 bits per heavy atom. The minimum atomic E-state index is 0.170. The van der Waals surface area contributed by atoms with Crippen LogP contribution in [0.1, 0.15) is 39.5 Å². The first-order valence-corrected chi connectivity index (χ1v) is 7.34. The highest BCUT2D eigenvalue weighted by molar-refractivity contribution is 7.63. The fraction of sp³-hybridized carbons (Fsp3) is 0.615. The number of rotatable bonds is 3. The SMILES string of the molecule is CC[C@H]1CC[C@H](CC)P1[C]1[CH][CH][CH][CH]1. The lowest BCUT2D eigenvalue weighted by atomic mass is 10.1. The molecule has 0 aromatic rings. The summed E-state index contributed by atoms with van der Waals surface area (Å²) in [6, 6.07) is 0. The van der Waals surface area contributed by atoms with Gasteiger partial charge in [0.25, 0.3) is 0 Å². The van der Waals surface area contributed by atoms with Crippen molar-refractivity contribution in [2.24, 2.45) is 0 Å². The van der Waals surface area contributed by atoms with Crippen molar-refractivity contribution in [2.75, 3.05) is 0 Å². The molecule has 2 aliphatic rings. The van der Waals surface area contributed by atoms with Crippen LogP contribution in [-0.4, -0.2) is 11.3 Å². The van der Waals surface area contributed by atoms with Gasteiger partial charge in [0, 0.05) is 5.66 Å². The van der Waals surface area contributed by atoms with E-state index in [4.69, 9.17) is 0 Å². The van der Waals surface area contributed by atoms with E-state index in [1.807, 2.05) is 0 Å². The molecule has 2 atom stereocenters. The quantitative estimate of drug-likeness (QED) is 0.609. The fourth-order valence-electron chi connectivity index (χ4n) is 2.72. The van der Waals surface area contributed by atoms with E-state index in [0.717, 1.165) is 11.3 Å². The maximum atomic E-state index is 2.36. The van der Waals surface area contributed by atoms with Crippen LogP contribution in [0, 0.1) is 31.3 Å². The Morgan fingerprint density at radius 2 is 1.57 bits per heavy atom. The molecule has 0 aromatic heterocycles. The Hall–Kier alpha value is 0.430. The normalized spacial score (nSPS) is 35.6. The highest BCUT2D eigenvalue weighted by Crippen LogP contribution is 2.67. The lowest BCUT2D eigenvalue weighted by molar-refractivity contribution is 0.696. The summed E-state index contributed by atoms with van der Waals surface area (Å²) in [6.07, 6.45) is 14.8. The van der Waals surface area contributed by atoms with Crippen LogP contribution in [0.3, 0.4) is 0 Å². The first-order chi connectivity index (χ1) is 6.86. The maximum Gasteiger partial charge on any atom is 0.00803 e. The molecular formula is C13H20P. The first kappa shape index (κ1) is 10.9. The summed E-state index contributed by atoms with van der Waals surface area (Å²) in [5.74, 6) is 0. The van der Waals surface area contributed by atoms with Crippen LogP contribution in [0.4, 0.5) is 0 Å². The van der Waals surface area contributed by atoms with Gasteiger partial charge in [0.15, 0.2) is 0 Å². The van der Waals surface area contributed by atoms with Gasteiger partial charge in [-0.25, -0.2) is 0 Å². The zero-order valence-corrected chi connectivity index (χ0v) is 10.1. The van der Waals surface area contributed by atoms with Crippen molar-refractivity contribution < 1.29 is 0 Å². The van der Waals surface area contributed by atoms with Crippen molar-refractivity contribution in [1.29, 1.82) is 0 Å². The molecule has 0 bridgehead atoms. The topological polar surface area (TPSA) is 0 Å². The minimum Gasteiger partial charge on any atom is -0.0924 e. The van der Waals surface area contributed by atoms with Gasteiger partial charge in [0.05, 0.1) is 0 Å². The lowest BCUT2D eigenvalue weighted by Crippen LogP contribution is -2.08. The second kappa shape index (κ2) is 4.97. The first-order valence-electron chi connectivity index (χ1n) is 5.86. The molecule has 0 nitrogen and oxygen atoms in total. The van der Waals surface area contributed by atoms with Crippen LogP contribution in [0.5, 0.6) is 0 Å². The van der Waals surface area contributed by atoms with Crippen LogP contribution >= 0.6 is 7.92 Å². The lowest BCUT2D eigenvalue weighted by Gasteiger charge is -2.29. The van der Waals surface area contributed by atoms with Gasteiger partial charge in [0.1, 0.15) is 0 Å². The third-order valence-electron chi connectivity index (χ3n) is 3.51. The van der Waals surface area contributed by atoms with Crippen LogP contribution in [0.25, 0.3) is 0 Å². The Kier molecular flexibility index (Phi) is 3.88. The molecule has 1 aliphatic carbocycles. The van der Waals surface area contributed by atoms with Crippen molar-refractivity contribution in [3.63, 3.8) is 0 Å². The molecule has 5 radical (unpaired) electrons. The molecular weight excluding hydrogens is 187 g/mol. The summed E-state index contributed by atoms with van der Waals surface area (Å²) in [6.45, 7) is 4.72. The Morgan fingerprint density at radius 1 is 1.07 bits per heavy atom. The van der Waals surface area contributed by atoms with E-state index >= 15 is 0 Å². The van der Waals surface area contributed by atoms with E-state index in [1.54, 1.807) is 5.66 Å². The van der Waals surface area contributed by atoms with E-state index in [0.29, 0.717) is 0 Å². The third kappa shape index (κ3) is 2.01. The van der Waals surface area contributed by atoms with Gasteiger partial charge in [-0.3, -0.25) is 0 Å². The van der Waals surface area contributed by atoms with Gasteiger partial charge in [0.2, 0.25) is 0 Å². The average Bonchev–Trinajstić information content (AvgIpc) is 2.85. The fourth-order valence-corrected chi connectivity index (χ4v) is 6.32. The predicted molar refractivity (Wildman–Crippen MR) is 64.8 cm³/mol. The van der Waals surface area contributed by atoms with E-state index in [9.17, 15) is 0 Å². The highest BCUT2D eigenvalue weighted by Gasteiger charge is 2.39. The number of hydrogen-bond donors (Lipinski definition) is 0. The summed E-state index contributed by atoms with van der Waals surface area (Å²) >= 11 is 0. The van der Waals surface area contributed by atoms with Gasteiger partial charge in [-0.05, 0) is 62.7 Å². The summed E-state index contributed by atoms with van der Waals surface area (Å²) < 4.78 is 0. The smallest absolute Gasteiger partial charge is 0.00803 e. The van der Waals surface area contributed by atoms with Crippen molar-refractivity contribution in [3.05, 3.63) is 31.3 Å². The number of hydrogen-bond acceptors (Lipinski definition) is 0. The Balaban J connectivity index is 2.02. The van der Waals surface area contributed by atoms with Crippen molar-refractivity contribution in [3.8, 4) is 0 Å². The molecule has 77 valence electrons. The van der Waals surface area contributed by atoms with E-state index < -0.39 is 0 Å². The second-order valence-electron chi connectivity index (χ2n) is 4.25. The molecule has 2 fully saturated rings. The average molecular weight is 207 g/mol. The second-order valence-corrected chi connectivity index (χ2v) is 7.04. The zero-order valence-electron chi connectivity index (χ0n) is 9.24. The van der Waals surface area contributed by atoms with Crippen molar-refractivity contribution >= 4 is 7.92 Å². The molecule has 1 heterocycles. The summed E-state index contributed by atoms with van der Waals surface area (Å²) in [4.78, 5) is 0. The molecule has 0 N–H and O–H groups in total. The summed E-state index contributed by atoms with van der Waals surface area (Å²) in [5, 5.41) is 0. The molecule has 1 saturated carbocycles. The maximum absolute atomic E-state index is 2.36. The van der Waals surface area contributed by atoms with Crippen LogP contribution in [0.15, 0.2) is 0 Å². The Labute approximate surface area is 90.6 Å². The highest BCUT2D eigenvalue weighted by atomic mass is 31.1. The van der Waals surface area contributed by atoms with Gasteiger partial charge >= 0.3 is 0 Å². The molecule has 0 aromatic carbocycles. The van der Waals surface area contributed by atoms with Crippen LogP contribution in [0.2, 0.25) is 0 Å². The van der Waals surface area contributed by atoms with Gasteiger partial charge in [-0.2, -0.15) is 0 Å². The Bertz CT molecular complexity index is 160. The van der Waals surface area contributed by atoms with Gasteiger partial charge in [-0.15, -0.1) is 0 Å². The molecule has 0 spiro atoms. The van der Waals surface area contributed by atoms with Crippen LogP contribution in [-0.2, 0) is 0 Å². The predicted octanol–water partition coefficient (Wildman–Crippen LogP) is 4.18. The van der Waals surface area contributed by atoms with Crippen molar-refractivity contribution in [2.45, 2.75) is 50.8 Å². The third-order valence-corrected chi connectivity index (χ3v) is 7.22. The minimum absolute atomic E-state index is 0.170. The zero-order chi connectivity index (χ0) is 9.97.